The first-order valence-electron chi connectivity index (χ1n) is 6.80. The molecule has 106 valence electrons. The molecular weight excluding hydrogens is 270 g/mol. The topological polar surface area (TPSA) is 21.3 Å². The zero-order valence-electron chi connectivity index (χ0n) is 12.2. The van der Waals surface area contributed by atoms with Crippen molar-refractivity contribution >= 4 is 11.6 Å². The lowest BCUT2D eigenvalue weighted by molar-refractivity contribution is 0.415. The first-order chi connectivity index (χ1) is 9.65. The summed E-state index contributed by atoms with van der Waals surface area (Å²) in [6.07, 6.45) is 0. The summed E-state index contributed by atoms with van der Waals surface area (Å²) >= 11 is 6.22. The average molecular weight is 290 g/mol. The minimum absolute atomic E-state index is 0.640. The van der Waals surface area contributed by atoms with Crippen molar-refractivity contribution in [3.8, 4) is 16.9 Å². The molecule has 0 saturated heterocycles. The third-order valence-corrected chi connectivity index (χ3v) is 3.64. The van der Waals surface area contributed by atoms with Crippen LogP contribution >= 0.6 is 11.6 Å². The Hall–Kier alpha value is -1.51. The summed E-state index contributed by atoms with van der Waals surface area (Å²) in [4.78, 5) is 0. The summed E-state index contributed by atoms with van der Waals surface area (Å²) in [6.45, 7) is 6.08. The van der Waals surface area contributed by atoms with Crippen LogP contribution in [0.5, 0.6) is 5.75 Å². The van der Waals surface area contributed by atoms with Crippen LogP contribution in [-0.4, -0.2) is 13.7 Å². The zero-order chi connectivity index (χ0) is 14.5. The highest BCUT2D eigenvalue weighted by Gasteiger charge is 2.07. The number of halogens is 1. The second kappa shape index (κ2) is 6.78. The Balaban J connectivity index is 2.38. The Kier molecular flexibility index (Phi) is 5.05. The van der Waals surface area contributed by atoms with Gasteiger partial charge in [-0.1, -0.05) is 36.7 Å². The molecule has 1 N–H and O–H groups in total. The van der Waals surface area contributed by atoms with Gasteiger partial charge in [-0.3, -0.25) is 0 Å². The first kappa shape index (κ1) is 14.9. The number of methoxy groups -OCH3 is 1. The van der Waals surface area contributed by atoms with Gasteiger partial charge in [-0.15, -0.1) is 0 Å². The molecule has 0 aliphatic rings. The molecule has 0 spiro atoms. The summed E-state index contributed by atoms with van der Waals surface area (Å²) in [7, 11) is 1.63. The number of benzene rings is 2. The molecule has 2 rings (SSSR count). The van der Waals surface area contributed by atoms with E-state index in [-0.39, 0.29) is 0 Å². The third kappa shape index (κ3) is 3.33. The van der Waals surface area contributed by atoms with E-state index in [4.69, 9.17) is 16.3 Å². The summed E-state index contributed by atoms with van der Waals surface area (Å²) < 4.78 is 5.20. The van der Waals surface area contributed by atoms with Gasteiger partial charge in [-0.05, 0) is 53.9 Å². The molecule has 0 aromatic heterocycles. The summed E-state index contributed by atoms with van der Waals surface area (Å²) in [5.74, 6) is 0.705. The number of aryl methyl sites for hydroxylation is 1. The smallest absolute Gasteiger partial charge is 0.137 e. The van der Waals surface area contributed by atoms with Crippen molar-refractivity contribution in [1.82, 2.24) is 5.32 Å². The van der Waals surface area contributed by atoms with Crippen LogP contribution in [0.2, 0.25) is 5.02 Å². The molecule has 0 bridgehead atoms. The molecule has 0 saturated carbocycles. The van der Waals surface area contributed by atoms with Crippen LogP contribution in [0.1, 0.15) is 18.1 Å². The van der Waals surface area contributed by atoms with Crippen molar-refractivity contribution in [3.63, 3.8) is 0 Å². The first-order valence-corrected chi connectivity index (χ1v) is 7.17. The van der Waals surface area contributed by atoms with Gasteiger partial charge in [0.25, 0.3) is 0 Å². The SMILES string of the molecule is CCNCc1ccc(C)c(-c2ccc(OC)c(Cl)c2)c1. The van der Waals surface area contributed by atoms with Gasteiger partial charge in [0.2, 0.25) is 0 Å². The molecule has 2 aromatic carbocycles. The van der Waals surface area contributed by atoms with Crippen LogP contribution in [0.3, 0.4) is 0 Å². The normalized spacial score (nSPS) is 10.6. The van der Waals surface area contributed by atoms with E-state index >= 15 is 0 Å². The summed E-state index contributed by atoms with van der Waals surface area (Å²) in [6, 6.07) is 12.4. The minimum Gasteiger partial charge on any atom is -0.495 e. The molecule has 0 aliphatic heterocycles. The van der Waals surface area contributed by atoms with E-state index in [1.165, 1.54) is 16.7 Å². The Morgan fingerprint density at radius 2 is 1.95 bits per heavy atom. The van der Waals surface area contributed by atoms with Crippen molar-refractivity contribution in [2.24, 2.45) is 0 Å². The fraction of sp³-hybridized carbons (Fsp3) is 0.294. The molecule has 0 fully saturated rings. The molecule has 20 heavy (non-hydrogen) atoms. The standard InChI is InChI=1S/C17H20ClNO/c1-4-19-11-13-6-5-12(2)15(9-13)14-7-8-17(20-3)16(18)10-14/h5-10,19H,4,11H2,1-3H3. The van der Waals surface area contributed by atoms with Gasteiger partial charge in [0.15, 0.2) is 0 Å². The molecule has 0 amide bonds. The van der Waals surface area contributed by atoms with Crippen molar-refractivity contribution in [2.45, 2.75) is 20.4 Å². The van der Waals surface area contributed by atoms with E-state index < -0.39 is 0 Å². The lowest BCUT2D eigenvalue weighted by Crippen LogP contribution is -2.11. The Morgan fingerprint density at radius 1 is 1.15 bits per heavy atom. The zero-order valence-corrected chi connectivity index (χ0v) is 12.9. The van der Waals surface area contributed by atoms with Gasteiger partial charge in [0.1, 0.15) is 5.75 Å². The van der Waals surface area contributed by atoms with E-state index in [0.29, 0.717) is 10.8 Å². The van der Waals surface area contributed by atoms with Gasteiger partial charge < -0.3 is 10.1 Å². The number of nitrogens with one attached hydrogen (secondary N) is 1. The van der Waals surface area contributed by atoms with Crippen LogP contribution in [0, 0.1) is 6.92 Å². The van der Waals surface area contributed by atoms with E-state index in [1.807, 2.05) is 18.2 Å². The highest BCUT2D eigenvalue weighted by molar-refractivity contribution is 6.32. The maximum Gasteiger partial charge on any atom is 0.137 e. The Bertz CT molecular complexity index is 596. The summed E-state index contributed by atoms with van der Waals surface area (Å²) in [5, 5.41) is 3.99. The predicted octanol–water partition coefficient (Wildman–Crippen LogP) is 4.43. The number of hydrogen-bond donors (Lipinski definition) is 1. The van der Waals surface area contributed by atoms with Crippen molar-refractivity contribution in [2.75, 3.05) is 13.7 Å². The fourth-order valence-corrected chi connectivity index (χ4v) is 2.45. The quantitative estimate of drug-likeness (QED) is 0.879. The Labute approximate surface area is 125 Å². The third-order valence-electron chi connectivity index (χ3n) is 3.34. The van der Waals surface area contributed by atoms with E-state index in [0.717, 1.165) is 18.7 Å². The van der Waals surface area contributed by atoms with Gasteiger partial charge in [0, 0.05) is 6.54 Å². The van der Waals surface area contributed by atoms with Crippen molar-refractivity contribution < 1.29 is 4.74 Å². The van der Waals surface area contributed by atoms with Crippen LogP contribution in [-0.2, 0) is 6.54 Å². The minimum atomic E-state index is 0.640. The molecule has 2 aromatic rings. The molecule has 0 aliphatic carbocycles. The fourth-order valence-electron chi connectivity index (χ4n) is 2.19. The monoisotopic (exact) mass is 289 g/mol. The highest BCUT2D eigenvalue weighted by Crippen LogP contribution is 2.32. The lowest BCUT2D eigenvalue weighted by atomic mass is 9.98. The average Bonchev–Trinajstić information content (AvgIpc) is 2.46. The molecular formula is C17H20ClNO. The van der Waals surface area contributed by atoms with Gasteiger partial charge in [-0.25, -0.2) is 0 Å². The van der Waals surface area contributed by atoms with Crippen LogP contribution < -0.4 is 10.1 Å². The molecule has 0 atom stereocenters. The van der Waals surface area contributed by atoms with Crippen LogP contribution in [0.15, 0.2) is 36.4 Å². The van der Waals surface area contributed by atoms with E-state index in [9.17, 15) is 0 Å². The van der Waals surface area contributed by atoms with E-state index in [1.54, 1.807) is 7.11 Å². The van der Waals surface area contributed by atoms with Gasteiger partial charge in [0.05, 0.1) is 12.1 Å². The molecule has 2 nitrogen and oxygen atoms in total. The van der Waals surface area contributed by atoms with Crippen molar-refractivity contribution in [3.05, 3.63) is 52.5 Å². The molecule has 3 heteroatoms. The maximum atomic E-state index is 6.22. The van der Waals surface area contributed by atoms with Crippen LogP contribution in [0.25, 0.3) is 11.1 Å². The number of hydrogen-bond acceptors (Lipinski definition) is 2. The van der Waals surface area contributed by atoms with Gasteiger partial charge >= 0.3 is 0 Å². The Morgan fingerprint density at radius 3 is 2.60 bits per heavy atom. The van der Waals surface area contributed by atoms with Crippen molar-refractivity contribution in [1.29, 1.82) is 0 Å². The second-order valence-electron chi connectivity index (χ2n) is 4.78. The van der Waals surface area contributed by atoms with Gasteiger partial charge in [-0.2, -0.15) is 0 Å². The largest absolute Gasteiger partial charge is 0.495 e. The van der Waals surface area contributed by atoms with Crippen LogP contribution in [0.4, 0.5) is 0 Å². The second-order valence-corrected chi connectivity index (χ2v) is 5.19. The lowest BCUT2D eigenvalue weighted by Gasteiger charge is -2.11. The molecule has 0 heterocycles. The molecule has 0 radical (unpaired) electrons. The number of rotatable bonds is 5. The highest BCUT2D eigenvalue weighted by atomic mass is 35.5. The van der Waals surface area contributed by atoms with E-state index in [2.05, 4.69) is 37.4 Å². The predicted molar refractivity (Wildman–Crippen MR) is 85.6 cm³/mol. The summed E-state index contributed by atoms with van der Waals surface area (Å²) in [5.41, 5.74) is 4.85. The maximum absolute atomic E-state index is 6.22. The number of ether oxygens (including phenoxy) is 1. The molecule has 0 unspecified atom stereocenters.